The van der Waals surface area contributed by atoms with Crippen LogP contribution >= 0.6 is 11.6 Å². The maximum Gasteiger partial charge on any atom is 0.121 e. The highest BCUT2D eigenvalue weighted by Crippen LogP contribution is 2.19. The third-order valence-corrected chi connectivity index (χ3v) is 2.83. The molecule has 0 aliphatic carbocycles. The molecule has 0 bridgehead atoms. The van der Waals surface area contributed by atoms with Crippen LogP contribution in [0.3, 0.4) is 0 Å². The highest BCUT2D eigenvalue weighted by atomic mass is 35.5. The molecule has 0 aliphatic heterocycles. The second-order valence-electron chi connectivity index (χ2n) is 3.85. The second-order valence-corrected chi connectivity index (χ2v) is 4.29. The van der Waals surface area contributed by atoms with Crippen molar-refractivity contribution in [2.24, 2.45) is 0 Å². The van der Waals surface area contributed by atoms with Crippen LogP contribution in [0.5, 0.6) is 5.75 Å². The molecule has 1 aromatic carbocycles. The standard InChI is InChI=1S/C13H20ClNO/c1-4-13(15-5-2)10(3)16-12-8-6-7-11(14)9-12/h6-10,13,15H,4-5H2,1-3H3. The monoisotopic (exact) mass is 241 g/mol. The lowest BCUT2D eigenvalue weighted by molar-refractivity contribution is 0.168. The van der Waals surface area contributed by atoms with Gasteiger partial charge < -0.3 is 10.1 Å². The molecule has 0 saturated heterocycles. The lowest BCUT2D eigenvalue weighted by Gasteiger charge is -2.24. The van der Waals surface area contributed by atoms with Crippen molar-refractivity contribution >= 4 is 11.6 Å². The van der Waals surface area contributed by atoms with Gasteiger partial charge in [-0.3, -0.25) is 0 Å². The molecule has 90 valence electrons. The Balaban J connectivity index is 2.58. The Morgan fingerprint density at radius 1 is 1.38 bits per heavy atom. The molecular weight excluding hydrogens is 222 g/mol. The van der Waals surface area contributed by atoms with E-state index in [-0.39, 0.29) is 6.10 Å². The van der Waals surface area contributed by atoms with E-state index in [9.17, 15) is 0 Å². The van der Waals surface area contributed by atoms with Gasteiger partial charge in [-0.05, 0) is 38.1 Å². The van der Waals surface area contributed by atoms with Crippen molar-refractivity contribution in [2.45, 2.75) is 39.3 Å². The van der Waals surface area contributed by atoms with E-state index in [0.29, 0.717) is 11.1 Å². The van der Waals surface area contributed by atoms with Gasteiger partial charge in [-0.2, -0.15) is 0 Å². The Labute approximate surface area is 103 Å². The highest BCUT2D eigenvalue weighted by Gasteiger charge is 2.15. The summed E-state index contributed by atoms with van der Waals surface area (Å²) in [4.78, 5) is 0. The van der Waals surface area contributed by atoms with Gasteiger partial charge in [0.15, 0.2) is 0 Å². The van der Waals surface area contributed by atoms with Crippen LogP contribution in [-0.2, 0) is 0 Å². The average molecular weight is 242 g/mol. The van der Waals surface area contributed by atoms with Crippen molar-refractivity contribution < 1.29 is 4.74 Å². The van der Waals surface area contributed by atoms with E-state index in [1.165, 1.54) is 0 Å². The zero-order valence-electron chi connectivity index (χ0n) is 10.2. The zero-order chi connectivity index (χ0) is 12.0. The Morgan fingerprint density at radius 3 is 2.69 bits per heavy atom. The number of benzene rings is 1. The predicted molar refractivity (Wildman–Crippen MR) is 69.3 cm³/mol. The number of halogens is 1. The molecule has 0 aliphatic rings. The van der Waals surface area contributed by atoms with E-state index < -0.39 is 0 Å². The van der Waals surface area contributed by atoms with E-state index >= 15 is 0 Å². The van der Waals surface area contributed by atoms with Gasteiger partial charge in [0.05, 0.1) is 0 Å². The van der Waals surface area contributed by atoms with Gasteiger partial charge in [0.1, 0.15) is 11.9 Å². The van der Waals surface area contributed by atoms with Crippen molar-refractivity contribution in [3.63, 3.8) is 0 Å². The summed E-state index contributed by atoms with van der Waals surface area (Å²) in [5.41, 5.74) is 0. The fourth-order valence-corrected chi connectivity index (χ4v) is 1.92. The molecule has 2 unspecified atom stereocenters. The Hall–Kier alpha value is -0.730. The minimum absolute atomic E-state index is 0.142. The number of hydrogen-bond acceptors (Lipinski definition) is 2. The molecule has 0 heterocycles. The van der Waals surface area contributed by atoms with Crippen LogP contribution in [0.4, 0.5) is 0 Å². The summed E-state index contributed by atoms with van der Waals surface area (Å²) in [6.07, 6.45) is 1.19. The normalized spacial score (nSPS) is 14.5. The van der Waals surface area contributed by atoms with E-state index in [2.05, 4.69) is 26.1 Å². The number of rotatable bonds is 6. The molecule has 1 aromatic rings. The molecule has 2 nitrogen and oxygen atoms in total. The van der Waals surface area contributed by atoms with Crippen LogP contribution in [0.25, 0.3) is 0 Å². The fraction of sp³-hybridized carbons (Fsp3) is 0.538. The maximum atomic E-state index is 5.91. The predicted octanol–water partition coefficient (Wildman–Crippen LogP) is 3.50. The summed E-state index contributed by atoms with van der Waals surface area (Å²) >= 11 is 5.91. The van der Waals surface area contributed by atoms with Crippen molar-refractivity contribution in [1.82, 2.24) is 5.32 Å². The fourth-order valence-electron chi connectivity index (χ4n) is 1.74. The third-order valence-electron chi connectivity index (χ3n) is 2.59. The average Bonchev–Trinajstić information content (AvgIpc) is 2.25. The van der Waals surface area contributed by atoms with Gasteiger partial charge in [0.2, 0.25) is 0 Å². The molecule has 2 atom stereocenters. The number of likely N-dealkylation sites (N-methyl/N-ethyl adjacent to an activating group) is 1. The van der Waals surface area contributed by atoms with E-state index in [1.807, 2.05) is 24.3 Å². The lowest BCUT2D eigenvalue weighted by Crippen LogP contribution is -2.40. The Morgan fingerprint density at radius 2 is 2.12 bits per heavy atom. The summed E-state index contributed by atoms with van der Waals surface area (Å²) in [7, 11) is 0. The third kappa shape index (κ3) is 4.03. The molecule has 1 rings (SSSR count). The summed E-state index contributed by atoms with van der Waals surface area (Å²) in [5, 5.41) is 4.12. The zero-order valence-corrected chi connectivity index (χ0v) is 10.9. The minimum atomic E-state index is 0.142. The molecule has 0 radical (unpaired) electrons. The molecule has 0 spiro atoms. The van der Waals surface area contributed by atoms with Crippen LogP contribution in [-0.4, -0.2) is 18.7 Å². The van der Waals surface area contributed by atoms with Crippen molar-refractivity contribution in [3.05, 3.63) is 29.3 Å². The molecule has 0 fully saturated rings. The summed E-state index contributed by atoms with van der Waals surface area (Å²) in [6.45, 7) is 7.30. The van der Waals surface area contributed by atoms with Crippen LogP contribution in [0.15, 0.2) is 24.3 Å². The molecule has 1 N–H and O–H groups in total. The first-order chi connectivity index (χ1) is 7.67. The van der Waals surface area contributed by atoms with Gasteiger partial charge in [-0.15, -0.1) is 0 Å². The topological polar surface area (TPSA) is 21.3 Å². The first kappa shape index (κ1) is 13.3. The van der Waals surface area contributed by atoms with Crippen molar-refractivity contribution in [3.8, 4) is 5.75 Å². The van der Waals surface area contributed by atoms with Gasteiger partial charge >= 0.3 is 0 Å². The quantitative estimate of drug-likeness (QED) is 0.823. The SMILES string of the molecule is CCNC(CC)C(C)Oc1cccc(Cl)c1. The number of nitrogens with one attached hydrogen (secondary N) is 1. The van der Waals surface area contributed by atoms with Crippen LogP contribution in [0.2, 0.25) is 5.02 Å². The van der Waals surface area contributed by atoms with Gasteiger partial charge in [0.25, 0.3) is 0 Å². The second kappa shape index (κ2) is 6.77. The van der Waals surface area contributed by atoms with Gasteiger partial charge in [-0.1, -0.05) is 31.5 Å². The van der Waals surface area contributed by atoms with Crippen LogP contribution in [0.1, 0.15) is 27.2 Å². The molecule has 0 aromatic heterocycles. The maximum absolute atomic E-state index is 5.91. The Bertz CT molecular complexity index is 317. The molecule has 16 heavy (non-hydrogen) atoms. The number of hydrogen-bond donors (Lipinski definition) is 1. The lowest BCUT2D eigenvalue weighted by atomic mass is 10.1. The van der Waals surface area contributed by atoms with Crippen molar-refractivity contribution in [1.29, 1.82) is 0 Å². The summed E-state index contributed by atoms with van der Waals surface area (Å²) in [6, 6.07) is 7.90. The minimum Gasteiger partial charge on any atom is -0.489 e. The first-order valence-corrected chi connectivity index (χ1v) is 6.20. The summed E-state index contributed by atoms with van der Waals surface area (Å²) < 4.78 is 5.85. The van der Waals surface area contributed by atoms with Crippen LogP contribution in [0, 0.1) is 0 Å². The Kier molecular flexibility index (Phi) is 5.64. The van der Waals surface area contributed by atoms with E-state index in [1.54, 1.807) is 0 Å². The van der Waals surface area contributed by atoms with E-state index in [0.717, 1.165) is 18.7 Å². The van der Waals surface area contributed by atoms with E-state index in [4.69, 9.17) is 16.3 Å². The highest BCUT2D eigenvalue weighted by molar-refractivity contribution is 6.30. The van der Waals surface area contributed by atoms with Crippen molar-refractivity contribution in [2.75, 3.05) is 6.54 Å². The molecule has 3 heteroatoms. The van der Waals surface area contributed by atoms with Gasteiger partial charge in [0, 0.05) is 11.1 Å². The molecular formula is C13H20ClNO. The summed E-state index contributed by atoms with van der Waals surface area (Å²) in [5.74, 6) is 0.830. The molecule has 0 saturated carbocycles. The smallest absolute Gasteiger partial charge is 0.121 e. The molecule has 0 amide bonds. The van der Waals surface area contributed by atoms with Crippen LogP contribution < -0.4 is 10.1 Å². The van der Waals surface area contributed by atoms with Gasteiger partial charge in [-0.25, -0.2) is 0 Å². The number of ether oxygens (including phenoxy) is 1. The first-order valence-electron chi connectivity index (χ1n) is 5.83. The largest absolute Gasteiger partial charge is 0.489 e.